The number of benzene rings is 1. The molecule has 0 aliphatic rings. The molecule has 3 rings (SSSR count). The lowest BCUT2D eigenvalue weighted by molar-refractivity contribution is -0.0145. The van der Waals surface area contributed by atoms with Crippen LogP contribution in [0.3, 0.4) is 0 Å². The zero-order chi connectivity index (χ0) is 20.3. The van der Waals surface area contributed by atoms with Crippen molar-refractivity contribution >= 4 is 11.6 Å². The minimum atomic E-state index is -1.25. The van der Waals surface area contributed by atoms with Crippen LogP contribution in [0, 0.1) is 12.7 Å². The predicted octanol–water partition coefficient (Wildman–Crippen LogP) is 2.28. The van der Waals surface area contributed by atoms with Crippen LogP contribution in [0.15, 0.2) is 36.8 Å². The molecule has 0 saturated heterocycles. The van der Waals surface area contributed by atoms with Gasteiger partial charge < -0.3 is 20.3 Å². The highest BCUT2D eigenvalue weighted by Gasteiger charge is 2.20. The highest BCUT2D eigenvalue weighted by molar-refractivity contribution is 5.70. The van der Waals surface area contributed by atoms with Gasteiger partial charge >= 0.3 is 0 Å². The fourth-order valence-electron chi connectivity index (χ4n) is 2.70. The largest absolute Gasteiger partial charge is 0.479 e. The van der Waals surface area contributed by atoms with E-state index in [1.54, 1.807) is 24.0 Å². The van der Waals surface area contributed by atoms with Crippen LogP contribution < -0.4 is 10.1 Å². The summed E-state index contributed by atoms with van der Waals surface area (Å²) in [5.41, 5.74) is 2.20. The topological polar surface area (TPSA) is 105 Å². The third-order valence-corrected chi connectivity index (χ3v) is 4.05. The maximum atomic E-state index is 13.5. The second-order valence-corrected chi connectivity index (χ2v) is 6.85. The number of methoxy groups -OCH3 is 1. The van der Waals surface area contributed by atoms with Crippen LogP contribution in [-0.4, -0.2) is 49.3 Å². The number of anilines is 2. The number of aromatic nitrogens is 4. The normalized spacial score (nSPS) is 13.2. The smallest absolute Gasteiger partial charge is 0.255 e. The maximum Gasteiger partial charge on any atom is 0.255 e. The Morgan fingerprint density at radius 3 is 2.75 bits per heavy atom. The van der Waals surface area contributed by atoms with Crippen molar-refractivity contribution in [1.29, 1.82) is 0 Å². The van der Waals surface area contributed by atoms with E-state index in [0.717, 1.165) is 28.6 Å². The zero-order valence-electron chi connectivity index (χ0n) is 15.8. The van der Waals surface area contributed by atoms with Gasteiger partial charge in [-0.3, -0.25) is 4.68 Å². The molecular weight excluding hydrogens is 365 g/mol. The van der Waals surface area contributed by atoms with E-state index in [1.165, 1.54) is 7.11 Å². The Labute approximate surface area is 161 Å². The number of rotatable bonds is 7. The van der Waals surface area contributed by atoms with Gasteiger partial charge in [0.1, 0.15) is 5.60 Å². The molecule has 3 N–H and O–H groups in total. The molecular formula is C19H22FN5O3. The molecule has 1 atom stereocenters. The predicted molar refractivity (Wildman–Crippen MR) is 102 cm³/mol. The number of ether oxygens (including phenoxy) is 1. The number of aliphatic hydroxyl groups excluding tert-OH is 1. The molecule has 0 spiro atoms. The molecule has 0 aliphatic heterocycles. The van der Waals surface area contributed by atoms with Crippen LogP contribution in [0.4, 0.5) is 16.0 Å². The Kier molecular flexibility index (Phi) is 5.57. The Bertz CT molecular complexity index is 974. The van der Waals surface area contributed by atoms with Crippen molar-refractivity contribution in [2.45, 2.75) is 26.0 Å². The molecule has 2 aromatic heterocycles. The van der Waals surface area contributed by atoms with E-state index in [4.69, 9.17) is 4.74 Å². The number of halogens is 1. The van der Waals surface area contributed by atoms with Crippen molar-refractivity contribution in [3.63, 3.8) is 0 Å². The molecule has 0 unspecified atom stereocenters. The van der Waals surface area contributed by atoms with Crippen LogP contribution in [0.2, 0.25) is 0 Å². The Morgan fingerprint density at radius 2 is 2.04 bits per heavy atom. The summed E-state index contributed by atoms with van der Waals surface area (Å²) in [6, 6.07) is 5.78. The Hall–Kier alpha value is -3.04. The summed E-state index contributed by atoms with van der Waals surface area (Å²) in [6.07, 6.45) is 4.52. The van der Waals surface area contributed by atoms with E-state index in [1.807, 2.05) is 25.1 Å². The Balaban J connectivity index is 1.85. The third kappa shape index (κ3) is 4.62. The van der Waals surface area contributed by atoms with Crippen LogP contribution >= 0.6 is 0 Å². The Morgan fingerprint density at radius 1 is 1.25 bits per heavy atom. The van der Waals surface area contributed by atoms with Crippen LogP contribution in [0.25, 0.3) is 11.1 Å². The molecule has 0 fully saturated rings. The van der Waals surface area contributed by atoms with E-state index in [0.29, 0.717) is 0 Å². The lowest BCUT2D eigenvalue weighted by Gasteiger charge is -2.19. The SMILES string of the molecule is COc1nc(Nc2cc(C)cc(-c3cnn(C[C@](C)(O)CO)c3)c2)ncc1F. The molecule has 0 amide bonds. The van der Waals surface area contributed by atoms with Gasteiger partial charge in [0.15, 0.2) is 0 Å². The minimum absolute atomic E-state index is 0.136. The van der Waals surface area contributed by atoms with E-state index < -0.39 is 11.4 Å². The number of aliphatic hydroxyl groups is 2. The van der Waals surface area contributed by atoms with Crippen LogP contribution in [-0.2, 0) is 6.54 Å². The van der Waals surface area contributed by atoms with Gasteiger partial charge in [0.25, 0.3) is 5.88 Å². The van der Waals surface area contributed by atoms with Crippen LogP contribution in [0.5, 0.6) is 5.88 Å². The lowest BCUT2D eigenvalue weighted by Crippen LogP contribution is -2.34. The van der Waals surface area contributed by atoms with Crippen molar-refractivity contribution in [1.82, 2.24) is 19.7 Å². The molecule has 9 heteroatoms. The van der Waals surface area contributed by atoms with Gasteiger partial charge in [0.2, 0.25) is 11.8 Å². The number of hydrogen-bond donors (Lipinski definition) is 3. The summed E-state index contributed by atoms with van der Waals surface area (Å²) in [7, 11) is 1.34. The van der Waals surface area contributed by atoms with E-state index in [-0.39, 0.29) is 25.0 Å². The van der Waals surface area contributed by atoms with E-state index >= 15 is 0 Å². The number of hydrogen-bond acceptors (Lipinski definition) is 7. The summed E-state index contributed by atoms with van der Waals surface area (Å²) < 4.78 is 19.9. The first kappa shape index (κ1) is 19.7. The molecule has 0 aliphatic carbocycles. The summed E-state index contributed by atoms with van der Waals surface area (Å²) in [5.74, 6) is -0.559. The van der Waals surface area contributed by atoms with Crippen molar-refractivity contribution in [2.75, 3.05) is 19.0 Å². The van der Waals surface area contributed by atoms with Gasteiger partial charge in [-0.05, 0) is 37.1 Å². The van der Waals surface area contributed by atoms with Gasteiger partial charge in [-0.2, -0.15) is 14.5 Å². The molecule has 2 heterocycles. The van der Waals surface area contributed by atoms with Gasteiger partial charge in [0.05, 0.1) is 32.7 Å². The highest BCUT2D eigenvalue weighted by atomic mass is 19.1. The first-order valence-corrected chi connectivity index (χ1v) is 8.61. The van der Waals surface area contributed by atoms with E-state index in [2.05, 4.69) is 20.4 Å². The molecule has 0 saturated carbocycles. The van der Waals surface area contributed by atoms with Gasteiger partial charge in [-0.25, -0.2) is 4.98 Å². The van der Waals surface area contributed by atoms with Gasteiger partial charge in [-0.1, -0.05) is 6.07 Å². The lowest BCUT2D eigenvalue weighted by atomic mass is 10.1. The molecule has 28 heavy (non-hydrogen) atoms. The summed E-state index contributed by atoms with van der Waals surface area (Å²) in [6.45, 7) is 3.30. The van der Waals surface area contributed by atoms with Crippen molar-refractivity contribution in [3.05, 3.63) is 48.2 Å². The zero-order valence-corrected chi connectivity index (χ0v) is 15.8. The molecule has 0 radical (unpaired) electrons. The van der Waals surface area contributed by atoms with E-state index in [9.17, 15) is 14.6 Å². The van der Waals surface area contributed by atoms with Gasteiger partial charge in [-0.15, -0.1) is 0 Å². The quantitative estimate of drug-likeness (QED) is 0.571. The minimum Gasteiger partial charge on any atom is -0.479 e. The monoisotopic (exact) mass is 387 g/mol. The number of nitrogens with one attached hydrogen (secondary N) is 1. The first-order valence-electron chi connectivity index (χ1n) is 8.61. The highest BCUT2D eigenvalue weighted by Crippen LogP contribution is 2.26. The second-order valence-electron chi connectivity index (χ2n) is 6.85. The number of nitrogens with zero attached hydrogens (tertiary/aromatic N) is 4. The first-order chi connectivity index (χ1) is 13.3. The molecule has 1 aromatic carbocycles. The third-order valence-electron chi connectivity index (χ3n) is 4.05. The number of aryl methyl sites for hydroxylation is 1. The average molecular weight is 387 g/mol. The average Bonchev–Trinajstić information content (AvgIpc) is 3.10. The van der Waals surface area contributed by atoms with Crippen LogP contribution in [0.1, 0.15) is 12.5 Å². The molecule has 148 valence electrons. The fourth-order valence-corrected chi connectivity index (χ4v) is 2.70. The fraction of sp³-hybridized carbons (Fsp3) is 0.316. The summed E-state index contributed by atoms with van der Waals surface area (Å²) in [4.78, 5) is 7.91. The second kappa shape index (κ2) is 7.91. The molecule has 8 nitrogen and oxygen atoms in total. The summed E-state index contributed by atoms with van der Waals surface area (Å²) in [5, 5.41) is 26.5. The summed E-state index contributed by atoms with van der Waals surface area (Å²) >= 11 is 0. The standard InChI is InChI=1S/C19H22FN5O3/c1-12-4-13(14-7-22-25(9-14)10-19(2,27)11-26)6-15(5-12)23-18-21-8-16(20)17(24-18)28-3/h4-9,26-27H,10-11H2,1-3H3,(H,21,23,24)/t19-/m0/s1. The van der Waals surface area contributed by atoms with Crippen molar-refractivity contribution in [2.24, 2.45) is 0 Å². The molecule has 3 aromatic rings. The van der Waals surface area contributed by atoms with Crippen molar-refractivity contribution < 1.29 is 19.3 Å². The molecule has 0 bridgehead atoms. The maximum absolute atomic E-state index is 13.5. The van der Waals surface area contributed by atoms with Crippen molar-refractivity contribution in [3.8, 4) is 17.0 Å². The van der Waals surface area contributed by atoms with Gasteiger partial charge in [0, 0.05) is 17.4 Å².